The molecule has 1 aliphatic carbocycles. The van der Waals surface area contributed by atoms with Crippen LogP contribution in [-0.2, 0) is 21.1 Å². The van der Waals surface area contributed by atoms with Gasteiger partial charge in [0.15, 0.2) is 14.6 Å². The number of aryl methyl sites for hydroxylation is 1. The number of rotatable bonds is 7. The average molecular weight is 436 g/mol. The monoisotopic (exact) mass is 435 g/mol. The van der Waals surface area contributed by atoms with Gasteiger partial charge in [0.2, 0.25) is 5.91 Å². The topological polar surface area (TPSA) is 72.5 Å². The number of nitrogens with one attached hydrogen (secondary N) is 1. The Balaban J connectivity index is 1.78. The molecule has 5 nitrogen and oxygen atoms in total. The van der Waals surface area contributed by atoms with Crippen molar-refractivity contribution < 1.29 is 17.9 Å². The highest BCUT2D eigenvalue weighted by Gasteiger charge is 2.52. The van der Waals surface area contributed by atoms with Crippen LogP contribution in [0.2, 0.25) is 5.02 Å². The van der Waals surface area contributed by atoms with Crippen LogP contribution in [0.3, 0.4) is 0 Å². The summed E-state index contributed by atoms with van der Waals surface area (Å²) < 4.78 is 30.7. The molecular weight excluding hydrogens is 410 g/mol. The van der Waals surface area contributed by atoms with Crippen molar-refractivity contribution in [3.8, 4) is 5.75 Å². The zero-order valence-corrected chi connectivity index (χ0v) is 18.3. The summed E-state index contributed by atoms with van der Waals surface area (Å²) in [6.45, 7) is 2.34. The molecule has 0 atom stereocenters. The van der Waals surface area contributed by atoms with E-state index >= 15 is 0 Å². The molecule has 0 aromatic heterocycles. The van der Waals surface area contributed by atoms with Crippen LogP contribution in [0.1, 0.15) is 36.8 Å². The second-order valence-corrected chi connectivity index (χ2v) is 10.2. The third kappa shape index (κ3) is 4.28. The van der Waals surface area contributed by atoms with Gasteiger partial charge in [0.1, 0.15) is 5.75 Å². The third-order valence-corrected chi connectivity index (χ3v) is 8.35. The Kier molecular flexibility index (Phi) is 6.54. The Morgan fingerprint density at radius 3 is 2.41 bits per heavy atom. The summed E-state index contributed by atoms with van der Waals surface area (Å²) in [4.78, 5) is 13.3. The lowest BCUT2D eigenvalue weighted by Gasteiger charge is -2.27. The summed E-state index contributed by atoms with van der Waals surface area (Å²) in [6, 6.07) is 11.9. The molecular formula is C22H26ClNO4S. The number of methoxy groups -OCH3 is 1. The molecule has 0 unspecified atom stereocenters. The Hall–Kier alpha value is -2.05. The molecule has 0 radical (unpaired) electrons. The summed E-state index contributed by atoms with van der Waals surface area (Å²) in [7, 11) is -2.22. The van der Waals surface area contributed by atoms with Gasteiger partial charge in [0, 0.05) is 11.6 Å². The number of hydrogen-bond acceptors (Lipinski definition) is 4. The van der Waals surface area contributed by atoms with Gasteiger partial charge >= 0.3 is 0 Å². The molecule has 1 N–H and O–H groups in total. The second-order valence-electron chi connectivity index (χ2n) is 7.48. The molecule has 0 spiro atoms. The van der Waals surface area contributed by atoms with Crippen molar-refractivity contribution in [2.75, 3.05) is 13.7 Å². The summed E-state index contributed by atoms with van der Waals surface area (Å²) in [5.74, 6) is 0.339. The molecule has 7 heteroatoms. The van der Waals surface area contributed by atoms with Crippen LogP contribution < -0.4 is 10.1 Å². The van der Waals surface area contributed by atoms with E-state index in [1.54, 1.807) is 19.2 Å². The van der Waals surface area contributed by atoms with Crippen LogP contribution in [0, 0.1) is 6.92 Å². The van der Waals surface area contributed by atoms with Gasteiger partial charge in [0.25, 0.3) is 0 Å². The summed E-state index contributed by atoms with van der Waals surface area (Å²) in [6.07, 6.45) is 2.65. The van der Waals surface area contributed by atoms with Crippen molar-refractivity contribution in [3.63, 3.8) is 0 Å². The minimum atomic E-state index is -3.83. The molecule has 1 aliphatic rings. The number of amides is 1. The third-order valence-electron chi connectivity index (χ3n) is 5.58. The number of carbonyl (C=O) groups excluding carboxylic acids is 1. The van der Waals surface area contributed by atoms with Gasteiger partial charge in [-0.2, -0.15) is 0 Å². The molecule has 2 aromatic rings. The maximum Gasteiger partial charge on any atom is 0.241 e. The van der Waals surface area contributed by atoms with Crippen molar-refractivity contribution in [1.29, 1.82) is 0 Å². The molecule has 156 valence electrons. The van der Waals surface area contributed by atoms with Crippen LogP contribution in [-0.4, -0.2) is 32.7 Å². The summed E-state index contributed by atoms with van der Waals surface area (Å²) in [5, 5.41) is 3.33. The zero-order chi connectivity index (χ0) is 21.1. The maximum absolute atomic E-state index is 13.4. The predicted octanol–water partition coefficient (Wildman–Crippen LogP) is 4.10. The Labute approximate surface area is 177 Å². The molecule has 1 amide bonds. The molecule has 0 aliphatic heterocycles. The average Bonchev–Trinajstić information content (AvgIpc) is 3.20. The van der Waals surface area contributed by atoms with E-state index in [2.05, 4.69) is 5.32 Å². The summed E-state index contributed by atoms with van der Waals surface area (Å²) >= 11 is 5.90. The normalized spacial score (nSPS) is 15.8. The van der Waals surface area contributed by atoms with Gasteiger partial charge in [-0.3, -0.25) is 4.79 Å². The Bertz CT molecular complexity index is 980. The van der Waals surface area contributed by atoms with Crippen molar-refractivity contribution in [2.24, 2.45) is 0 Å². The number of halogens is 1. The van der Waals surface area contributed by atoms with Gasteiger partial charge in [0.05, 0.1) is 12.0 Å². The Morgan fingerprint density at radius 1 is 1.14 bits per heavy atom. The van der Waals surface area contributed by atoms with Crippen LogP contribution >= 0.6 is 11.6 Å². The summed E-state index contributed by atoms with van der Waals surface area (Å²) in [5.41, 5.74) is 2.08. The van der Waals surface area contributed by atoms with Crippen LogP contribution in [0.25, 0.3) is 0 Å². The van der Waals surface area contributed by atoms with Crippen LogP contribution in [0.4, 0.5) is 0 Å². The first-order valence-corrected chi connectivity index (χ1v) is 11.6. The SMILES string of the molecule is COc1ccc(C)cc1CCNC(=O)C1(S(=O)(=O)c2ccc(Cl)cc2)CCCC1. The van der Waals surface area contributed by atoms with E-state index in [1.807, 2.05) is 25.1 Å². The smallest absolute Gasteiger partial charge is 0.241 e. The van der Waals surface area contributed by atoms with Crippen molar-refractivity contribution in [2.45, 2.75) is 48.7 Å². The molecule has 0 heterocycles. The van der Waals surface area contributed by atoms with E-state index in [-0.39, 0.29) is 4.90 Å². The van der Waals surface area contributed by atoms with Gasteiger partial charge in [-0.25, -0.2) is 8.42 Å². The fourth-order valence-electron chi connectivity index (χ4n) is 3.98. The fraction of sp³-hybridized carbons (Fsp3) is 0.409. The number of sulfone groups is 1. The number of benzene rings is 2. The second kappa shape index (κ2) is 8.76. The first kappa shape index (κ1) is 21.7. The minimum absolute atomic E-state index is 0.138. The van der Waals surface area contributed by atoms with Crippen LogP contribution in [0.5, 0.6) is 5.75 Å². The van der Waals surface area contributed by atoms with Gasteiger partial charge in [-0.05, 0) is 62.1 Å². The zero-order valence-electron chi connectivity index (χ0n) is 16.7. The highest BCUT2D eigenvalue weighted by Crippen LogP contribution is 2.41. The molecule has 29 heavy (non-hydrogen) atoms. The predicted molar refractivity (Wildman–Crippen MR) is 114 cm³/mol. The lowest BCUT2D eigenvalue weighted by atomic mass is 10.1. The Morgan fingerprint density at radius 2 is 1.79 bits per heavy atom. The minimum Gasteiger partial charge on any atom is -0.496 e. The molecule has 0 bridgehead atoms. The fourth-order valence-corrected chi connectivity index (χ4v) is 6.19. The first-order valence-electron chi connectivity index (χ1n) is 9.72. The van der Waals surface area contributed by atoms with Gasteiger partial charge < -0.3 is 10.1 Å². The van der Waals surface area contributed by atoms with E-state index < -0.39 is 20.5 Å². The first-order chi connectivity index (χ1) is 13.8. The van der Waals surface area contributed by atoms with Crippen molar-refractivity contribution in [1.82, 2.24) is 5.32 Å². The van der Waals surface area contributed by atoms with Crippen molar-refractivity contribution in [3.05, 3.63) is 58.6 Å². The largest absolute Gasteiger partial charge is 0.496 e. The maximum atomic E-state index is 13.4. The van der Waals surface area contributed by atoms with Crippen LogP contribution in [0.15, 0.2) is 47.4 Å². The molecule has 2 aromatic carbocycles. The van der Waals surface area contributed by atoms with E-state index in [0.29, 0.717) is 43.7 Å². The standard InChI is InChI=1S/C22H26ClNO4S/c1-16-5-10-20(28-2)17(15-16)11-14-24-21(25)22(12-3-4-13-22)29(26,27)19-8-6-18(23)7-9-19/h5-10,15H,3-4,11-14H2,1-2H3,(H,24,25). The molecule has 3 rings (SSSR count). The van der Waals surface area contributed by atoms with Gasteiger partial charge in [-0.1, -0.05) is 42.1 Å². The molecule has 0 saturated heterocycles. The van der Waals surface area contributed by atoms with E-state index in [9.17, 15) is 13.2 Å². The number of hydrogen-bond donors (Lipinski definition) is 1. The molecule has 1 fully saturated rings. The van der Waals surface area contributed by atoms with Gasteiger partial charge in [-0.15, -0.1) is 0 Å². The quantitative estimate of drug-likeness (QED) is 0.710. The lowest BCUT2D eigenvalue weighted by molar-refractivity contribution is -0.123. The highest BCUT2D eigenvalue weighted by atomic mass is 35.5. The number of carbonyl (C=O) groups is 1. The highest BCUT2D eigenvalue weighted by molar-refractivity contribution is 7.93. The van der Waals surface area contributed by atoms with E-state index in [0.717, 1.165) is 16.9 Å². The number of ether oxygens (including phenoxy) is 1. The van der Waals surface area contributed by atoms with E-state index in [4.69, 9.17) is 16.3 Å². The van der Waals surface area contributed by atoms with Crippen molar-refractivity contribution >= 4 is 27.3 Å². The lowest BCUT2D eigenvalue weighted by Crippen LogP contribution is -2.51. The van der Waals surface area contributed by atoms with E-state index in [1.165, 1.54) is 12.1 Å². The molecule has 1 saturated carbocycles.